The van der Waals surface area contributed by atoms with Crippen LogP contribution in [0.15, 0.2) is 45.3 Å². The zero-order valence-corrected chi connectivity index (χ0v) is 22.7. The Morgan fingerprint density at radius 1 is 0.882 bits per heavy atom. The molecule has 0 aliphatic heterocycles. The lowest BCUT2D eigenvalue weighted by atomic mass is 10.0. The van der Waals surface area contributed by atoms with Gasteiger partial charge in [0.2, 0.25) is 11.5 Å². The van der Waals surface area contributed by atoms with Crippen molar-refractivity contribution in [3.8, 4) is 23.0 Å². The smallest absolute Gasteiger partial charge is 0.207 e. The van der Waals surface area contributed by atoms with Crippen molar-refractivity contribution >= 4 is 25.8 Å². The third-order valence-corrected chi connectivity index (χ3v) is 7.34. The van der Waals surface area contributed by atoms with Crippen molar-refractivity contribution in [3.63, 3.8) is 0 Å². The van der Waals surface area contributed by atoms with Crippen molar-refractivity contribution in [2.75, 3.05) is 47.8 Å². The molecule has 0 heterocycles. The minimum absolute atomic E-state index is 0.00906. The Labute approximate surface area is 209 Å². The van der Waals surface area contributed by atoms with Gasteiger partial charge in [-0.25, -0.2) is 8.42 Å². The number of allylic oxidation sites excluding steroid dienone is 1. The first-order valence-corrected chi connectivity index (χ1v) is 12.8. The van der Waals surface area contributed by atoms with Crippen LogP contribution < -0.4 is 18.9 Å². The highest BCUT2D eigenvalue weighted by atomic mass is 79.9. The molecule has 10 heteroatoms. The number of methoxy groups -OCH3 is 4. The summed E-state index contributed by atoms with van der Waals surface area (Å²) in [6.45, 7) is 3.65. The minimum Gasteiger partial charge on any atom is -0.490 e. The van der Waals surface area contributed by atoms with Crippen LogP contribution in [0.5, 0.6) is 23.0 Å². The third-order valence-electron chi connectivity index (χ3n) is 4.98. The van der Waals surface area contributed by atoms with Gasteiger partial charge in [-0.2, -0.15) is 0 Å². The zero-order chi connectivity index (χ0) is 25.3. The number of hydrogen-bond donors (Lipinski definition) is 0. The van der Waals surface area contributed by atoms with Crippen LogP contribution in [0.4, 0.5) is 0 Å². The van der Waals surface area contributed by atoms with Gasteiger partial charge < -0.3 is 28.4 Å². The molecule has 8 nitrogen and oxygen atoms in total. The average molecular weight is 559 g/mol. The maximum absolute atomic E-state index is 12.8. The number of halogens is 1. The van der Waals surface area contributed by atoms with E-state index in [0.29, 0.717) is 35.0 Å². The topological polar surface area (TPSA) is 89.5 Å². The predicted octanol–water partition coefficient (Wildman–Crippen LogP) is 4.70. The van der Waals surface area contributed by atoms with Crippen molar-refractivity contribution in [1.82, 2.24) is 0 Å². The molecule has 0 saturated heterocycles. The van der Waals surface area contributed by atoms with Crippen molar-refractivity contribution in [2.24, 2.45) is 0 Å². The molecule has 0 N–H and O–H groups in total. The van der Waals surface area contributed by atoms with E-state index in [1.54, 1.807) is 31.2 Å². The van der Waals surface area contributed by atoms with Crippen LogP contribution in [-0.4, -0.2) is 56.2 Å². The van der Waals surface area contributed by atoms with Gasteiger partial charge in [0.05, 0.1) is 24.9 Å². The summed E-state index contributed by atoms with van der Waals surface area (Å²) in [4.78, 5) is 0.269. The average Bonchev–Trinajstić information content (AvgIpc) is 2.80. The zero-order valence-electron chi connectivity index (χ0n) is 20.3. The quantitative estimate of drug-likeness (QED) is 0.258. The molecule has 0 bridgehead atoms. The standard InChI is InChI=1S/C24H31BrO8S/c1-16(13-34(26,27)19-10-8-18(25)9-11-19)7-12-20-17(2)21(32-14-28-3)23(30-5)24(31-6)22(20)33-15-29-4/h7-11H,12-15H2,1-6H3/b16-7+. The van der Waals surface area contributed by atoms with Gasteiger partial charge in [0.15, 0.2) is 34.9 Å². The van der Waals surface area contributed by atoms with Crippen molar-refractivity contribution < 1.29 is 36.8 Å². The summed E-state index contributed by atoms with van der Waals surface area (Å²) < 4.78 is 59.4. The maximum atomic E-state index is 12.8. The van der Waals surface area contributed by atoms with Crippen LogP contribution in [0.1, 0.15) is 18.1 Å². The second-order valence-electron chi connectivity index (χ2n) is 7.40. The van der Waals surface area contributed by atoms with E-state index in [4.69, 9.17) is 28.4 Å². The van der Waals surface area contributed by atoms with Gasteiger partial charge in [0.25, 0.3) is 0 Å². The molecule has 0 fully saturated rings. The van der Waals surface area contributed by atoms with E-state index >= 15 is 0 Å². The number of rotatable bonds is 13. The first-order valence-electron chi connectivity index (χ1n) is 10.3. The van der Waals surface area contributed by atoms with E-state index in [9.17, 15) is 8.42 Å². The van der Waals surface area contributed by atoms with Gasteiger partial charge in [0.1, 0.15) is 0 Å². The third kappa shape index (κ3) is 6.88. The predicted molar refractivity (Wildman–Crippen MR) is 133 cm³/mol. The SMILES string of the molecule is COCOc1c(C)c(C/C=C(\C)CS(=O)(=O)c2ccc(Br)cc2)c(OCOC)c(OC)c1OC. The van der Waals surface area contributed by atoms with E-state index in [1.165, 1.54) is 28.4 Å². The molecule has 2 aromatic rings. The minimum atomic E-state index is -3.49. The second-order valence-corrected chi connectivity index (χ2v) is 10.3. The molecule has 0 aliphatic rings. The molecule has 0 aromatic heterocycles. The van der Waals surface area contributed by atoms with E-state index in [1.807, 2.05) is 13.0 Å². The van der Waals surface area contributed by atoms with E-state index < -0.39 is 9.84 Å². The van der Waals surface area contributed by atoms with Crippen molar-refractivity contribution in [1.29, 1.82) is 0 Å². The van der Waals surface area contributed by atoms with Gasteiger partial charge in [0, 0.05) is 29.8 Å². The van der Waals surface area contributed by atoms with Gasteiger partial charge in [-0.05, 0) is 44.5 Å². The van der Waals surface area contributed by atoms with Crippen molar-refractivity contribution in [3.05, 3.63) is 51.5 Å². The van der Waals surface area contributed by atoms with E-state index in [0.717, 1.165) is 15.6 Å². The summed E-state index contributed by atoms with van der Waals surface area (Å²) in [5, 5.41) is 0. The fourth-order valence-corrected chi connectivity index (χ4v) is 5.06. The highest BCUT2D eigenvalue weighted by molar-refractivity contribution is 9.10. The number of hydrogen-bond acceptors (Lipinski definition) is 8. The molecular weight excluding hydrogens is 528 g/mol. The molecule has 0 saturated carbocycles. The second kappa shape index (κ2) is 13.0. The first kappa shape index (κ1) is 28.0. The Balaban J connectivity index is 2.47. The molecule has 188 valence electrons. The van der Waals surface area contributed by atoms with Gasteiger partial charge in [-0.15, -0.1) is 0 Å². The molecule has 0 unspecified atom stereocenters. The van der Waals surface area contributed by atoms with Crippen LogP contribution >= 0.6 is 15.9 Å². The Kier molecular flexibility index (Phi) is 10.7. The monoisotopic (exact) mass is 558 g/mol. The Morgan fingerprint density at radius 3 is 1.94 bits per heavy atom. The van der Waals surface area contributed by atoms with Crippen LogP contribution in [0.2, 0.25) is 0 Å². The largest absolute Gasteiger partial charge is 0.490 e. The Morgan fingerprint density at radius 2 is 1.41 bits per heavy atom. The number of benzene rings is 2. The summed E-state index contributed by atoms with van der Waals surface area (Å²) in [6, 6.07) is 6.59. The Bertz CT molecular complexity index is 1100. The number of ether oxygens (including phenoxy) is 6. The molecule has 0 spiro atoms. The molecule has 0 aliphatic carbocycles. The molecule has 0 radical (unpaired) electrons. The van der Waals surface area contributed by atoms with Gasteiger partial charge >= 0.3 is 0 Å². The van der Waals surface area contributed by atoms with Crippen LogP contribution in [0.25, 0.3) is 0 Å². The molecular formula is C24H31BrO8S. The van der Waals surface area contributed by atoms with Crippen LogP contribution in [0, 0.1) is 6.92 Å². The van der Waals surface area contributed by atoms with Gasteiger partial charge in [-0.3, -0.25) is 0 Å². The van der Waals surface area contributed by atoms with E-state index in [-0.39, 0.29) is 24.2 Å². The highest BCUT2D eigenvalue weighted by Gasteiger charge is 2.26. The lowest BCUT2D eigenvalue weighted by Crippen LogP contribution is -2.10. The van der Waals surface area contributed by atoms with Crippen LogP contribution in [-0.2, 0) is 25.7 Å². The number of sulfone groups is 1. The summed E-state index contributed by atoms with van der Waals surface area (Å²) >= 11 is 3.32. The fraction of sp³-hybridized carbons (Fsp3) is 0.417. The summed E-state index contributed by atoms with van der Waals surface area (Å²) in [5.41, 5.74) is 2.19. The summed E-state index contributed by atoms with van der Waals surface area (Å²) in [7, 11) is 2.56. The van der Waals surface area contributed by atoms with Crippen molar-refractivity contribution in [2.45, 2.75) is 25.2 Å². The summed E-state index contributed by atoms with van der Waals surface area (Å²) in [6.07, 6.45) is 2.22. The first-order chi connectivity index (χ1) is 16.2. The lowest BCUT2D eigenvalue weighted by molar-refractivity contribution is 0.0439. The Hall–Kier alpha value is -2.27. The molecule has 34 heavy (non-hydrogen) atoms. The lowest BCUT2D eigenvalue weighted by Gasteiger charge is -2.22. The molecule has 2 rings (SSSR count). The molecule has 0 amide bonds. The molecule has 0 atom stereocenters. The maximum Gasteiger partial charge on any atom is 0.207 e. The molecule has 2 aromatic carbocycles. The van der Waals surface area contributed by atoms with Gasteiger partial charge in [-0.1, -0.05) is 27.6 Å². The summed E-state index contributed by atoms with van der Waals surface area (Å²) in [5.74, 6) is 1.49. The normalized spacial score (nSPS) is 11.9. The fourth-order valence-electron chi connectivity index (χ4n) is 3.36. The van der Waals surface area contributed by atoms with Crippen LogP contribution in [0.3, 0.4) is 0 Å². The van der Waals surface area contributed by atoms with E-state index in [2.05, 4.69) is 15.9 Å². The highest BCUT2D eigenvalue weighted by Crippen LogP contribution is 2.49.